The van der Waals surface area contributed by atoms with Crippen molar-refractivity contribution in [3.05, 3.63) is 40.9 Å². The summed E-state index contributed by atoms with van der Waals surface area (Å²) < 4.78 is 37.9. The normalized spacial score (nSPS) is 30.7. The fourth-order valence-corrected chi connectivity index (χ4v) is 7.64. The van der Waals surface area contributed by atoms with Crippen molar-refractivity contribution in [3.63, 3.8) is 0 Å². The number of nitrogens with zero attached hydrogens (tertiary/aromatic N) is 1. The second-order valence-electron chi connectivity index (χ2n) is 12.0. The standard InChI is InChI=1S/C30H38BrN3O9S/c31-20-12-14-23(15-13-20)44(40,41)43-22-16-25-26(35)33-30(28(37)38)17-19(30)8-4-2-1-3-5-11-24(27(36)34(25)18-22)32-29(39)42-21-9-6-7-10-21/h4,8,12-15,19,21-22,24-25H,1-3,5-7,9-11,16-18H2,(H,32,39)(H,33,35)(H,37,38)/b8-4-/t19-,22-,24-,25-,30+/m0/s1. The van der Waals surface area contributed by atoms with Gasteiger partial charge >= 0.3 is 12.1 Å². The quantitative estimate of drug-likeness (QED) is 0.297. The van der Waals surface area contributed by atoms with Crippen molar-refractivity contribution >= 4 is 49.9 Å². The molecule has 1 aromatic carbocycles. The number of hydrogen-bond acceptors (Lipinski definition) is 8. The summed E-state index contributed by atoms with van der Waals surface area (Å²) in [6.45, 7) is -0.244. The predicted molar refractivity (Wildman–Crippen MR) is 161 cm³/mol. The number of aliphatic carboxylic acids is 1. The van der Waals surface area contributed by atoms with Gasteiger partial charge in [0.05, 0.1) is 11.0 Å². The summed E-state index contributed by atoms with van der Waals surface area (Å²) in [6.07, 6.45) is 8.37. The van der Waals surface area contributed by atoms with Gasteiger partial charge in [-0.2, -0.15) is 8.42 Å². The van der Waals surface area contributed by atoms with E-state index in [-0.39, 0.29) is 36.8 Å². The molecule has 0 spiro atoms. The molecule has 1 saturated heterocycles. The highest BCUT2D eigenvalue weighted by atomic mass is 79.9. The van der Waals surface area contributed by atoms with Crippen LogP contribution in [0.15, 0.2) is 45.8 Å². The topological polar surface area (TPSA) is 168 Å². The molecule has 14 heteroatoms. The van der Waals surface area contributed by atoms with Crippen LogP contribution in [0.1, 0.15) is 70.6 Å². The molecule has 3 fully saturated rings. The maximum atomic E-state index is 14.0. The molecule has 0 aromatic heterocycles. The number of carboxylic acids is 1. The molecule has 3 amide bonds. The summed E-state index contributed by atoms with van der Waals surface area (Å²) in [5, 5.41) is 15.4. The van der Waals surface area contributed by atoms with E-state index in [2.05, 4.69) is 26.6 Å². The van der Waals surface area contributed by atoms with E-state index in [4.69, 9.17) is 8.92 Å². The minimum atomic E-state index is -4.25. The van der Waals surface area contributed by atoms with Crippen LogP contribution >= 0.6 is 15.9 Å². The first kappa shape index (κ1) is 32.4. The molecular weight excluding hydrogens is 658 g/mol. The van der Waals surface area contributed by atoms with Gasteiger partial charge in [-0.1, -0.05) is 40.9 Å². The second kappa shape index (κ2) is 13.6. The average Bonchev–Trinajstić information content (AvgIpc) is 3.25. The molecule has 3 N–H and O–H groups in total. The Balaban J connectivity index is 1.40. The fraction of sp³-hybridized carbons (Fsp3) is 0.600. The summed E-state index contributed by atoms with van der Waals surface area (Å²) in [5.41, 5.74) is -1.51. The summed E-state index contributed by atoms with van der Waals surface area (Å²) in [5.74, 6) is -2.87. The van der Waals surface area contributed by atoms with E-state index in [0.29, 0.717) is 10.9 Å². The first-order valence-electron chi connectivity index (χ1n) is 15.2. The van der Waals surface area contributed by atoms with Crippen molar-refractivity contribution in [2.24, 2.45) is 5.92 Å². The largest absolute Gasteiger partial charge is 0.479 e. The zero-order valence-corrected chi connectivity index (χ0v) is 26.7. The highest BCUT2D eigenvalue weighted by Crippen LogP contribution is 2.45. The molecule has 12 nitrogen and oxygen atoms in total. The number of carbonyl (C=O) groups is 4. The number of ether oxygens (including phenoxy) is 1. The minimum Gasteiger partial charge on any atom is -0.479 e. The first-order chi connectivity index (χ1) is 21.0. The fourth-order valence-electron chi connectivity index (χ4n) is 6.30. The molecule has 4 aliphatic rings. The molecule has 5 atom stereocenters. The third-order valence-electron chi connectivity index (χ3n) is 8.85. The number of nitrogens with one attached hydrogen (secondary N) is 2. The lowest BCUT2D eigenvalue weighted by atomic mass is 10.0. The molecule has 1 aromatic rings. The van der Waals surface area contributed by atoms with Crippen molar-refractivity contribution in [3.8, 4) is 0 Å². The lowest BCUT2D eigenvalue weighted by Crippen LogP contribution is -2.56. The van der Waals surface area contributed by atoms with Crippen LogP contribution in [0.5, 0.6) is 0 Å². The zero-order valence-electron chi connectivity index (χ0n) is 24.3. The van der Waals surface area contributed by atoms with Crippen LogP contribution in [0.3, 0.4) is 0 Å². The molecule has 2 aliphatic heterocycles. The maximum Gasteiger partial charge on any atom is 0.408 e. The van der Waals surface area contributed by atoms with Crippen molar-refractivity contribution in [2.75, 3.05) is 6.54 Å². The number of amides is 3. The summed E-state index contributed by atoms with van der Waals surface area (Å²) in [6, 6.07) is 3.62. The van der Waals surface area contributed by atoms with Crippen molar-refractivity contribution in [1.29, 1.82) is 0 Å². The van der Waals surface area contributed by atoms with Crippen molar-refractivity contribution in [1.82, 2.24) is 15.5 Å². The lowest BCUT2D eigenvalue weighted by Gasteiger charge is -2.29. The third-order valence-corrected chi connectivity index (χ3v) is 10.8. The zero-order chi connectivity index (χ0) is 31.5. The molecule has 240 valence electrons. The number of carbonyl (C=O) groups excluding carboxylic acids is 3. The minimum absolute atomic E-state index is 0.0902. The van der Waals surface area contributed by atoms with Crippen LogP contribution in [0.2, 0.25) is 0 Å². The van der Waals surface area contributed by atoms with Gasteiger partial charge < -0.3 is 25.4 Å². The Labute approximate surface area is 265 Å². The monoisotopic (exact) mass is 695 g/mol. The van der Waals surface area contributed by atoms with Crippen molar-refractivity contribution in [2.45, 2.75) is 105 Å². The SMILES string of the molecule is O=C(N[C@H]1CCCCC/C=C\[C@H]2C[C@@]2(C(=O)O)NC(=O)[C@@H]2C[C@H](OS(=O)(=O)c3ccc(Br)cc3)CN2C1=O)OC1CCCC1. The molecular formula is C30H38BrN3O9S. The van der Waals surface area contributed by atoms with Crippen LogP contribution in [0, 0.1) is 5.92 Å². The number of hydrogen-bond donors (Lipinski definition) is 3. The Kier molecular flexibility index (Phi) is 10.0. The second-order valence-corrected chi connectivity index (χ2v) is 14.5. The molecule has 2 saturated carbocycles. The highest BCUT2D eigenvalue weighted by molar-refractivity contribution is 9.10. The van der Waals surface area contributed by atoms with Gasteiger partial charge in [0.1, 0.15) is 23.7 Å². The van der Waals surface area contributed by atoms with Crippen LogP contribution in [0.4, 0.5) is 4.79 Å². The van der Waals surface area contributed by atoms with E-state index in [1.165, 1.54) is 17.0 Å². The molecule has 2 heterocycles. The van der Waals surface area contributed by atoms with Crippen LogP contribution in [-0.2, 0) is 33.4 Å². The number of carboxylic acid groups (broad SMARTS) is 1. The smallest absolute Gasteiger partial charge is 0.408 e. The maximum absolute atomic E-state index is 14.0. The van der Waals surface area contributed by atoms with Gasteiger partial charge in [0.2, 0.25) is 11.8 Å². The van der Waals surface area contributed by atoms with Gasteiger partial charge in [-0.05, 0) is 75.6 Å². The van der Waals surface area contributed by atoms with Crippen LogP contribution in [-0.4, -0.2) is 78.7 Å². The number of rotatable bonds is 6. The van der Waals surface area contributed by atoms with E-state index >= 15 is 0 Å². The van der Waals surface area contributed by atoms with Gasteiger partial charge in [0.15, 0.2) is 0 Å². The van der Waals surface area contributed by atoms with Gasteiger partial charge in [-0.15, -0.1) is 0 Å². The van der Waals surface area contributed by atoms with E-state index in [9.17, 15) is 32.7 Å². The van der Waals surface area contributed by atoms with E-state index in [1.54, 1.807) is 12.1 Å². The Morgan fingerprint density at radius 3 is 2.43 bits per heavy atom. The van der Waals surface area contributed by atoms with Gasteiger partial charge in [0, 0.05) is 23.4 Å². The molecule has 0 radical (unpaired) electrons. The third kappa shape index (κ3) is 7.45. The van der Waals surface area contributed by atoms with Gasteiger partial charge in [-0.25, -0.2) is 9.59 Å². The van der Waals surface area contributed by atoms with Crippen LogP contribution < -0.4 is 10.6 Å². The summed E-state index contributed by atoms with van der Waals surface area (Å²) in [4.78, 5) is 53.9. The number of fused-ring (bicyclic) bond motifs is 2. The first-order valence-corrected chi connectivity index (χ1v) is 17.4. The van der Waals surface area contributed by atoms with Gasteiger partial charge in [0.25, 0.3) is 10.1 Å². The van der Waals surface area contributed by atoms with E-state index < -0.39 is 63.6 Å². The Bertz CT molecular complexity index is 1400. The summed E-state index contributed by atoms with van der Waals surface area (Å²) in [7, 11) is -4.25. The molecule has 44 heavy (non-hydrogen) atoms. The molecule has 5 rings (SSSR count). The highest BCUT2D eigenvalue weighted by Gasteiger charge is 2.61. The summed E-state index contributed by atoms with van der Waals surface area (Å²) >= 11 is 3.27. The predicted octanol–water partition coefficient (Wildman–Crippen LogP) is 3.64. The Hall–Kier alpha value is -2.97. The van der Waals surface area contributed by atoms with E-state index in [1.807, 2.05) is 12.2 Å². The van der Waals surface area contributed by atoms with E-state index in [0.717, 1.165) is 44.9 Å². The average molecular weight is 697 g/mol. The molecule has 0 bridgehead atoms. The van der Waals surface area contributed by atoms with Crippen LogP contribution in [0.25, 0.3) is 0 Å². The molecule has 2 aliphatic carbocycles. The number of allylic oxidation sites excluding steroid dienone is 1. The Morgan fingerprint density at radius 2 is 1.73 bits per heavy atom. The number of alkyl carbamates (subject to hydrolysis) is 1. The number of halogens is 1. The lowest BCUT2D eigenvalue weighted by molar-refractivity contribution is -0.145. The molecule has 0 unspecified atom stereocenters. The number of benzene rings is 1. The van der Waals surface area contributed by atoms with Gasteiger partial charge in [-0.3, -0.25) is 13.8 Å². The van der Waals surface area contributed by atoms with Crippen molar-refractivity contribution < 1.29 is 41.6 Å². The Morgan fingerprint density at radius 1 is 1.02 bits per heavy atom.